The molecule has 170 valence electrons. The zero-order valence-corrected chi connectivity index (χ0v) is 20.0. The van der Waals surface area contributed by atoms with Crippen LogP contribution < -0.4 is 0 Å². The van der Waals surface area contributed by atoms with Gasteiger partial charge in [0.05, 0.1) is 24.2 Å². The molecule has 0 N–H and O–H groups in total. The van der Waals surface area contributed by atoms with E-state index in [0.717, 1.165) is 42.5 Å². The molecule has 0 bridgehead atoms. The molecule has 0 unspecified atom stereocenters. The van der Waals surface area contributed by atoms with Crippen LogP contribution in [0.25, 0.3) is 0 Å². The van der Waals surface area contributed by atoms with Gasteiger partial charge < -0.3 is 9.47 Å². The van der Waals surface area contributed by atoms with Crippen LogP contribution in [0.4, 0.5) is 0 Å². The topological polar surface area (TPSA) is 72.3 Å². The Hall–Kier alpha value is -2.15. The largest absolute Gasteiger partial charge is 0.337 e. The summed E-state index contributed by atoms with van der Waals surface area (Å²) < 4.78 is 28.3. The van der Waals surface area contributed by atoms with Crippen molar-refractivity contribution in [2.24, 2.45) is 11.8 Å². The van der Waals surface area contributed by atoms with Gasteiger partial charge in [0.25, 0.3) is 0 Å². The van der Waals surface area contributed by atoms with Gasteiger partial charge in [0.2, 0.25) is 20.9 Å². The molecule has 0 saturated heterocycles. The third-order valence-corrected chi connectivity index (χ3v) is 7.51. The minimum absolute atomic E-state index is 0.0816. The van der Waals surface area contributed by atoms with Gasteiger partial charge in [0.1, 0.15) is 0 Å². The van der Waals surface area contributed by atoms with Crippen molar-refractivity contribution in [3.05, 3.63) is 47.3 Å². The second-order valence-corrected chi connectivity index (χ2v) is 11.0. The lowest BCUT2D eigenvalue weighted by molar-refractivity contribution is -0.135. The molecule has 2 aromatic rings. The molecular weight excluding hydrogens is 410 g/mol. The highest BCUT2D eigenvalue weighted by Gasteiger charge is 2.29. The maximum absolute atomic E-state index is 13.3. The maximum atomic E-state index is 13.3. The average Bonchev–Trinajstić information content (AvgIpc) is 3.35. The van der Waals surface area contributed by atoms with Crippen molar-refractivity contribution in [3.8, 4) is 0 Å². The van der Waals surface area contributed by atoms with Crippen LogP contribution in [0.5, 0.6) is 0 Å². The Balaban J connectivity index is 1.89. The summed E-state index contributed by atoms with van der Waals surface area (Å²) in [5.41, 5.74) is 2.57. The van der Waals surface area contributed by atoms with Crippen molar-refractivity contribution >= 4 is 15.7 Å². The van der Waals surface area contributed by atoms with Crippen molar-refractivity contribution in [3.63, 3.8) is 0 Å². The van der Waals surface area contributed by atoms with Gasteiger partial charge in [0.15, 0.2) is 0 Å². The van der Waals surface area contributed by atoms with Crippen LogP contribution in [-0.2, 0) is 33.5 Å². The lowest BCUT2D eigenvalue weighted by atomic mass is 10.1. The van der Waals surface area contributed by atoms with E-state index >= 15 is 0 Å². The van der Waals surface area contributed by atoms with Gasteiger partial charge in [-0.15, -0.1) is 0 Å². The molecule has 1 aliphatic rings. The number of imidazole rings is 1. The van der Waals surface area contributed by atoms with Crippen molar-refractivity contribution < 1.29 is 13.2 Å². The van der Waals surface area contributed by atoms with Crippen LogP contribution in [-0.4, -0.2) is 35.3 Å². The summed E-state index contributed by atoms with van der Waals surface area (Å²) in [7, 11) is -3.62. The van der Waals surface area contributed by atoms with Gasteiger partial charge in [-0.05, 0) is 38.2 Å². The Morgan fingerprint density at radius 3 is 2.58 bits per heavy atom. The van der Waals surface area contributed by atoms with Gasteiger partial charge >= 0.3 is 0 Å². The quantitative estimate of drug-likeness (QED) is 0.575. The molecule has 6 nitrogen and oxygen atoms in total. The predicted octanol–water partition coefficient (Wildman–Crippen LogP) is 4.36. The van der Waals surface area contributed by atoms with Crippen LogP contribution in [0, 0.1) is 18.8 Å². The number of amides is 1. The SMILES string of the molecule is CCN(Cc1cnc(S(=O)(=O)Cc2cccc(C)c2)n1CC(C)C)C(=O)C1CCCC1. The highest BCUT2D eigenvalue weighted by molar-refractivity contribution is 7.90. The molecule has 0 aliphatic heterocycles. The monoisotopic (exact) mass is 445 g/mol. The fourth-order valence-electron chi connectivity index (χ4n) is 4.38. The number of hydrogen-bond acceptors (Lipinski definition) is 4. The Bertz CT molecular complexity index is 1000. The number of rotatable bonds is 9. The summed E-state index contributed by atoms with van der Waals surface area (Å²) in [5.74, 6) is 0.454. The predicted molar refractivity (Wildman–Crippen MR) is 122 cm³/mol. The molecule has 1 amide bonds. The summed E-state index contributed by atoms with van der Waals surface area (Å²) in [6.07, 6.45) is 5.77. The first-order valence-corrected chi connectivity index (χ1v) is 13.0. The van der Waals surface area contributed by atoms with Crippen molar-refractivity contribution in [2.45, 2.75) is 77.4 Å². The Kier molecular flexibility index (Phi) is 7.57. The highest BCUT2D eigenvalue weighted by atomic mass is 32.2. The number of benzene rings is 1. The Morgan fingerprint density at radius 1 is 1.26 bits per heavy atom. The van der Waals surface area contributed by atoms with Crippen molar-refractivity contribution in [2.75, 3.05) is 6.54 Å². The first-order chi connectivity index (χ1) is 14.7. The normalized spacial score (nSPS) is 15.0. The van der Waals surface area contributed by atoms with Crippen LogP contribution in [0.2, 0.25) is 0 Å². The Labute approximate surface area is 186 Å². The molecule has 3 rings (SSSR count). The summed E-state index contributed by atoms with van der Waals surface area (Å²) in [6, 6.07) is 7.56. The summed E-state index contributed by atoms with van der Waals surface area (Å²) in [4.78, 5) is 19.2. The number of aryl methyl sites for hydroxylation is 1. The second kappa shape index (κ2) is 9.98. The molecular formula is C24H35N3O3S. The third kappa shape index (κ3) is 5.76. The van der Waals surface area contributed by atoms with E-state index in [-0.39, 0.29) is 28.7 Å². The van der Waals surface area contributed by atoms with E-state index in [9.17, 15) is 13.2 Å². The molecule has 1 aromatic heterocycles. The first kappa shape index (κ1) is 23.5. The number of carbonyl (C=O) groups excluding carboxylic acids is 1. The van der Waals surface area contributed by atoms with E-state index in [2.05, 4.69) is 18.8 Å². The van der Waals surface area contributed by atoms with Crippen LogP contribution >= 0.6 is 0 Å². The number of carbonyl (C=O) groups is 1. The van der Waals surface area contributed by atoms with E-state index in [4.69, 9.17) is 0 Å². The zero-order valence-electron chi connectivity index (χ0n) is 19.2. The molecule has 1 aliphatic carbocycles. The van der Waals surface area contributed by atoms with Gasteiger partial charge in [-0.3, -0.25) is 4.79 Å². The standard InChI is InChI=1S/C24H35N3O3S/c1-5-26(23(28)21-11-6-7-12-21)16-22-14-25-24(27(22)15-18(2)3)31(29,30)17-20-10-8-9-19(4)13-20/h8-10,13-14,18,21H,5-7,11-12,15-17H2,1-4H3. The summed E-state index contributed by atoms with van der Waals surface area (Å²) in [5, 5.41) is 0.0991. The molecule has 1 saturated carbocycles. The number of sulfone groups is 1. The lowest BCUT2D eigenvalue weighted by Gasteiger charge is -2.25. The number of hydrogen-bond donors (Lipinski definition) is 0. The van der Waals surface area contributed by atoms with Crippen LogP contribution in [0.3, 0.4) is 0 Å². The van der Waals surface area contributed by atoms with Gasteiger partial charge in [-0.25, -0.2) is 13.4 Å². The maximum Gasteiger partial charge on any atom is 0.228 e. The lowest BCUT2D eigenvalue weighted by Crippen LogP contribution is -2.35. The molecule has 0 radical (unpaired) electrons. The van der Waals surface area contributed by atoms with E-state index in [0.29, 0.717) is 19.6 Å². The van der Waals surface area contributed by atoms with Gasteiger partial charge in [-0.1, -0.05) is 56.5 Å². The Morgan fingerprint density at radius 2 is 1.97 bits per heavy atom. The molecule has 1 fully saturated rings. The van der Waals surface area contributed by atoms with Crippen molar-refractivity contribution in [1.29, 1.82) is 0 Å². The molecule has 7 heteroatoms. The molecule has 31 heavy (non-hydrogen) atoms. The zero-order chi connectivity index (χ0) is 22.6. The molecule has 0 atom stereocenters. The number of aromatic nitrogens is 2. The van der Waals surface area contributed by atoms with Crippen LogP contribution in [0.15, 0.2) is 35.6 Å². The smallest absolute Gasteiger partial charge is 0.228 e. The first-order valence-electron chi connectivity index (χ1n) is 11.3. The van der Waals surface area contributed by atoms with E-state index in [1.807, 2.05) is 43.0 Å². The summed E-state index contributed by atoms with van der Waals surface area (Å²) >= 11 is 0. The fraction of sp³-hybridized carbons (Fsp3) is 0.583. The molecule has 1 heterocycles. The third-order valence-electron chi connectivity index (χ3n) is 5.92. The molecule has 1 aromatic carbocycles. The minimum atomic E-state index is -3.62. The fourth-order valence-corrected chi connectivity index (χ4v) is 5.87. The van der Waals surface area contributed by atoms with Gasteiger partial charge in [-0.2, -0.15) is 0 Å². The van der Waals surface area contributed by atoms with Crippen molar-refractivity contribution in [1.82, 2.24) is 14.5 Å². The van der Waals surface area contributed by atoms with Gasteiger partial charge in [0, 0.05) is 19.0 Å². The summed E-state index contributed by atoms with van der Waals surface area (Å²) in [6.45, 7) is 9.59. The van der Waals surface area contributed by atoms with Crippen LogP contribution in [0.1, 0.15) is 63.3 Å². The van der Waals surface area contributed by atoms with E-state index in [1.54, 1.807) is 10.8 Å². The highest BCUT2D eigenvalue weighted by Crippen LogP contribution is 2.27. The minimum Gasteiger partial charge on any atom is -0.337 e. The average molecular weight is 446 g/mol. The second-order valence-electron chi connectivity index (χ2n) is 9.12. The van der Waals surface area contributed by atoms with E-state index < -0.39 is 9.84 Å². The molecule has 0 spiro atoms. The van der Waals surface area contributed by atoms with E-state index in [1.165, 1.54) is 0 Å². The number of nitrogens with zero attached hydrogens (tertiary/aromatic N) is 3.